The zero-order chi connectivity index (χ0) is 11.5. The van der Waals surface area contributed by atoms with Crippen molar-refractivity contribution in [2.45, 2.75) is 73.1 Å². The molecule has 0 bridgehead atoms. The van der Waals surface area contributed by atoms with E-state index in [9.17, 15) is 0 Å². The summed E-state index contributed by atoms with van der Waals surface area (Å²) in [5.41, 5.74) is 0.720. The van der Waals surface area contributed by atoms with Crippen LogP contribution >= 0.6 is 0 Å². The highest BCUT2D eigenvalue weighted by atomic mass is 14.5. The Morgan fingerprint density at radius 3 is 2.20 bits per heavy atom. The van der Waals surface area contributed by atoms with Crippen molar-refractivity contribution < 1.29 is 0 Å². The zero-order valence-corrected chi connectivity index (χ0v) is 11.5. The molecule has 0 radical (unpaired) electrons. The molecule has 15 heavy (non-hydrogen) atoms. The molecule has 1 rings (SSSR count). The highest BCUT2D eigenvalue weighted by Crippen LogP contribution is 2.56. The van der Waals surface area contributed by atoms with Gasteiger partial charge in [-0.1, -0.05) is 53.9 Å². The SMILES string of the molecule is CCC(C)CCC1(C(C)C)CCC1CC. The number of rotatable bonds is 6. The quantitative estimate of drug-likeness (QED) is 0.560. The molecule has 1 aliphatic rings. The number of hydrogen-bond donors (Lipinski definition) is 0. The van der Waals surface area contributed by atoms with E-state index in [0.29, 0.717) is 0 Å². The van der Waals surface area contributed by atoms with Gasteiger partial charge in [-0.05, 0) is 42.4 Å². The maximum absolute atomic E-state index is 2.44. The Labute approximate surface area is 96.8 Å². The van der Waals surface area contributed by atoms with Crippen LogP contribution in [0.1, 0.15) is 73.1 Å². The molecule has 0 amide bonds. The Balaban J connectivity index is 2.51. The smallest absolute Gasteiger partial charge is 0.0246 e. The fourth-order valence-corrected chi connectivity index (χ4v) is 3.43. The van der Waals surface area contributed by atoms with E-state index in [1.807, 2.05) is 0 Å². The van der Waals surface area contributed by atoms with Gasteiger partial charge >= 0.3 is 0 Å². The van der Waals surface area contributed by atoms with Crippen molar-refractivity contribution in [1.29, 1.82) is 0 Å². The fraction of sp³-hybridized carbons (Fsp3) is 1.00. The average Bonchev–Trinajstić information content (AvgIpc) is 2.16. The van der Waals surface area contributed by atoms with Crippen LogP contribution in [-0.4, -0.2) is 0 Å². The first-order valence-electron chi connectivity index (χ1n) is 7.06. The molecule has 1 saturated carbocycles. The lowest BCUT2D eigenvalue weighted by atomic mass is 9.52. The van der Waals surface area contributed by atoms with Gasteiger partial charge < -0.3 is 0 Å². The summed E-state index contributed by atoms with van der Waals surface area (Å²) in [6.07, 6.45) is 8.68. The molecule has 1 aliphatic carbocycles. The standard InChI is InChI=1S/C15H30/c1-6-13(5)8-10-15(12(3)4)11-9-14(15)7-2/h12-14H,6-11H2,1-5H3. The largest absolute Gasteiger partial charge is 0.0651 e. The molecule has 0 heterocycles. The summed E-state index contributed by atoms with van der Waals surface area (Å²) < 4.78 is 0. The molecule has 0 saturated heterocycles. The average molecular weight is 210 g/mol. The molecule has 0 spiro atoms. The normalized spacial score (nSPS) is 32.8. The van der Waals surface area contributed by atoms with Gasteiger partial charge in [0.05, 0.1) is 0 Å². The topological polar surface area (TPSA) is 0 Å². The van der Waals surface area contributed by atoms with Crippen molar-refractivity contribution in [3.05, 3.63) is 0 Å². The van der Waals surface area contributed by atoms with Gasteiger partial charge in [0.25, 0.3) is 0 Å². The lowest BCUT2D eigenvalue weighted by molar-refractivity contribution is -0.0343. The molecule has 0 N–H and O–H groups in total. The van der Waals surface area contributed by atoms with E-state index in [0.717, 1.165) is 23.2 Å². The second-order valence-corrected chi connectivity index (χ2v) is 6.08. The zero-order valence-electron chi connectivity index (χ0n) is 11.5. The van der Waals surface area contributed by atoms with Gasteiger partial charge in [0, 0.05) is 0 Å². The van der Waals surface area contributed by atoms with Crippen LogP contribution in [0.5, 0.6) is 0 Å². The van der Waals surface area contributed by atoms with E-state index >= 15 is 0 Å². The monoisotopic (exact) mass is 210 g/mol. The van der Waals surface area contributed by atoms with E-state index in [4.69, 9.17) is 0 Å². The van der Waals surface area contributed by atoms with E-state index in [1.165, 1.54) is 38.5 Å². The Kier molecular flexibility index (Phi) is 4.67. The molecular weight excluding hydrogens is 180 g/mol. The lowest BCUT2D eigenvalue weighted by Crippen LogP contribution is -2.44. The van der Waals surface area contributed by atoms with Crippen LogP contribution < -0.4 is 0 Å². The van der Waals surface area contributed by atoms with Crippen molar-refractivity contribution in [3.63, 3.8) is 0 Å². The van der Waals surface area contributed by atoms with Gasteiger partial charge in [-0.25, -0.2) is 0 Å². The van der Waals surface area contributed by atoms with Crippen LogP contribution in [0.15, 0.2) is 0 Å². The summed E-state index contributed by atoms with van der Waals surface area (Å²) in [5, 5.41) is 0. The van der Waals surface area contributed by atoms with Crippen molar-refractivity contribution >= 4 is 0 Å². The third-order valence-corrected chi connectivity index (χ3v) is 5.21. The molecule has 1 fully saturated rings. The maximum Gasteiger partial charge on any atom is -0.0246 e. The number of hydrogen-bond acceptors (Lipinski definition) is 0. The molecular formula is C15H30. The van der Waals surface area contributed by atoms with Crippen LogP contribution in [0.25, 0.3) is 0 Å². The molecule has 3 unspecified atom stereocenters. The van der Waals surface area contributed by atoms with Gasteiger partial charge in [-0.3, -0.25) is 0 Å². The third-order valence-electron chi connectivity index (χ3n) is 5.21. The minimum atomic E-state index is 0.720. The first-order chi connectivity index (χ1) is 7.06. The molecule has 0 aromatic carbocycles. The van der Waals surface area contributed by atoms with Crippen molar-refractivity contribution in [1.82, 2.24) is 0 Å². The molecule has 0 nitrogen and oxygen atoms in total. The summed E-state index contributed by atoms with van der Waals surface area (Å²) in [6.45, 7) is 12.0. The second-order valence-electron chi connectivity index (χ2n) is 6.08. The minimum absolute atomic E-state index is 0.720. The van der Waals surface area contributed by atoms with Crippen molar-refractivity contribution in [2.24, 2.45) is 23.2 Å². The van der Waals surface area contributed by atoms with E-state index in [1.54, 1.807) is 0 Å². The first-order valence-corrected chi connectivity index (χ1v) is 7.06. The molecule has 0 aromatic rings. The summed E-state index contributed by atoms with van der Waals surface area (Å²) in [4.78, 5) is 0. The van der Waals surface area contributed by atoms with E-state index in [-0.39, 0.29) is 0 Å². The summed E-state index contributed by atoms with van der Waals surface area (Å²) in [5.74, 6) is 2.85. The Morgan fingerprint density at radius 2 is 1.87 bits per heavy atom. The summed E-state index contributed by atoms with van der Waals surface area (Å²) in [6, 6.07) is 0. The van der Waals surface area contributed by atoms with Crippen LogP contribution in [0.4, 0.5) is 0 Å². The predicted molar refractivity (Wildman–Crippen MR) is 69.0 cm³/mol. The molecule has 0 heteroatoms. The second kappa shape index (κ2) is 5.37. The lowest BCUT2D eigenvalue weighted by Gasteiger charge is -2.53. The molecule has 90 valence electrons. The van der Waals surface area contributed by atoms with E-state index < -0.39 is 0 Å². The van der Waals surface area contributed by atoms with Gasteiger partial charge in [-0.2, -0.15) is 0 Å². The van der Waals surface area contributed by atoms with Crippen LogP contribution in [-0.2, 0) is 0 Å². The Bertz CT molecular complexity index is 180. The van der Waals surface area contributed by atoms with Gasteiger partial charge in [-0.15, -0.1) is 0 Å². The summed E-state index contributed by atoms with van der Waals surface area (Å²) in [7, 11) is 0. The highest BCUT2D eigenvalue weighted by molar-refractivity contribution is 4.96. The Morgan fingerprint density at radius 1 is 1.20 bits per heavy atom. The van der Waals surface area contributed by atoms with Gasteiger partial charge in [0.15, 0.2) is 0 Å². The predicted octanol–water partition coefficient (Wildman–Crippen LogP) is 5.28. The van der Waals surface area contributed by atoms with Crippen LogP contribution in [0.2, 0.25) is 0 Å². The molecule has 0 aromatic heterocycles. The van der Waals surface area contributed by atoms with Crippen molar-refractivity contribution in [3.8, 4) is 0 Å². The maximum atomic E-state index is 2.44. The molecule has 3 atom stereocenters. The van der Waals surface area contributed by atoms with Gasteiger partial charge in [0.1, 0.15) is 0 Å². The van der Waals surface area contributed by atoms with Crippen molar-refractivity contribution in [2.75, 3.05) is 0 Å². The van der Waals surface area contributed by atoms with E-state index in [2.05, 4.69) is 34.6 Å². The minimum Gasteiger partial charge on any atom is -0.0651 e. The molecule has 0 aliphatic heterocycles. The van der Waals surface area contributed by atoms with Gasteiger partial charge in [0.2, 0.25) is 0 Å². The third kappa shape index (κ3) is 2.57. The van der Waals surface area contributed by atoms with Crippen LogP contribution in [0.3, 0.4) is 0 Å². The fourth-order valence-electron chi connectivity index (χ4n) is 3.43. The van der Waals surface area contributed by atoms with Crippen LogP contribution in [0, 0.1) is 23.2 Å². The Hall–Kier alpha value is 0. The summed E-state index contributed by atoms with van der Waals surface area (Å²) >= 11 is 0. The highest BCUT2D eigenvalue weighted by Gasteiger charge is 2.46. The first kappa shape index (κ1) is 13.1.